The molecule has 5 heteroatoms. The number of aromatic nitrogens is 3. The molecule has 0 radical (unpaired) electrons. The minimum atomic E-state index is 0.744. The van der Waals surface area contributed by atoms with E-state index in [-0.39, 0.29) is 0 Å². The summed E-state index contributed by atoms with van der Waals surface area (Å²) in [6, 6.07) is 9.80. The van der Waals surface area contributed by atoms with E-state index in [9.17, 15) is 0 Å². The Hall–Kier alpha value is -2.20. The number of halogens is 1. The second-order valence-electron chi connectivity index (χ2n) is 4.97. The smallest absolute Gasteiger partial charge is 0.140 e. The second-order valence-corrected chi connectivity index (χ2v) is 5.41. The molecule has 2 heterocycles. The van der Waals surface area contributed by atoms with Gasteiger partial charge in [0.05, 0.1) is 11.7 Å². The maximum absolute atomic E-state index is 5.92. The molecule has 0 N–H and O–H groups in total. The molecule has 0 saturated carbocycles. The first-order chi connectivity index (χ1) is 10.1. The minimum absolute atomic E-state index is 0.744. The molecule has 0 bridgehead atoms. The molecule has 106 valence electrons. The van der Waals surface area contributed by atoms with Gasteiger partial charge in [-0.3, -0.25) is 4.98 Å². The van der Waals surface area contributed by atoms with Gasteiger partial charge in [0.1, 0.15) is 11.6 Å². The summed E-state index contributed by atoms with van der Waals surface area (Å²) in [5.74, 6) is 1.66. The van der Waals surface area contributed by atoms with Crippen LogP contribution in [0, 0.1) is 6.92 Å². The number of pyridine rings is 1. The lowest BCUT2D eigenvalue weighted by molar-refractivity contribution is 0.890. The number of hydrogen-bond acceptors (Lipinski definition) is 4. The summed E-state index contributed by atoms with van der Waals surface area (Å²) in [5, 5.41) is 1.75. The Bertz CT molecular complexity index is 771. The molecule has 2 aromatic heterocycles. The average Bonchev–Trinajstić information content (AvgIpc) is 2.48. The highest BCUT2D eigenvalue weighted by molar-refractivity contribution is 6.30. The predicted octanol–water partition coefficient (Wildman–Crippen LogP) is 3.62. The first kappa shape index (κ1) is 13.8. The number of rotatable bonds is 3. The van der Waals surface area contributed by atoms with E-state index in [2.05, 4.69) is 19.9 Å². The van der Waals surface area contributed by atoms with Crippen molar-refractivity contribution in [3.8, 4) is 0 Å². The van der Waals surface area contributed by atoms with Crippen LogP contribution in [0.2, 0.25) is 5.02 Å². The number of aryl methyl sites for hydroxylation is 1. The van der Waals surface area contributed by atoms with E-state index in [1.165, 1.54) is 5.56 Å². The third kappa shape index (κ3) is 2.95. The van der Waals surface area contributed by atoms with Crippen molar-refractivity contribution in [1.82, 2.24) is 15.0 Å². The number of fused-ring (bicyclic) bond motifs is 1. The summed E-state index contributed by atoms with van der Waals surface area (Å²) in [6.45, 7) is 2.65. The number of nitrogens with zero attached hydrogens (tertiary/aromatic N) is 4. The van der Waals surface area contributed by atoms with Crippen LogP contribution >= 0.6 is 11.6 Å². The standard InChI is InChI=1S/C16H15ClN4/c1-11-19-15-9-18-8-7-14(15)16(20-11)21(2)10-12-3-5-13(17)6-4-12/h3-9H,10H2,1-2H3. The molecule has 0 spiro atoms. The van der Waals surface area contributed by atoms with E-state index in [0.29, 0.717) is 0 Å². The SMILES string of the molecule is Cc1nc(N(C)Cc2ccc(Cl)cc2)c2ccncc2n1. The highest BCUT2D eigenvalue weighted by atomic mass is 35.5. The Labute approximate surface area is 128 Å². The van der Waals surface area contributed by atoms with Crippen molar-refractivity contribution in [2.45, 2.75) is 13.5 Å². The van der Waals surface area contributed by atoms with Gasteiger partial charge in [-0.05, 0) is 30.7 Å². The summed E-state index contributed by atoms with van der Waals surface area (Å²) in [6.07, 6.45) is 3.53. The van der Waals surface area contributed by atoms with E-state index in [1.54, 1.807) is 12.4 Å². The van der Waals surface area contributed by atoms with Crippen LogP contribution < -0.4 is 4.90 Å². The molecule has 0 atom stereocenters. The zero-order chi connectivity index (χ0) is 14.8. The molecule has 4 nitrogen and oxygen atoms in total. The summed E-state index contributed by atoms with van der Waals surface area (Å²) >= 11 is 5.92. The fourth-order valence-corrected chi connectivity index (χ4v) is 2.43. The molecule has 21 heavy (non-hydrogen) atoms. The lowest BCUT2D eigenvalue weighted by Crippen LogP contribution is -2.18. The maximum Gasteiger partial charge on any atom is 0.140 e. The van der Waals surface area contributed by atoms with Crippen molar-refractivity contribution in [2.75, 3.05) is 11.9 Å². The minimum Gasteiger partial charge on any atom is -0.355 e. The Kier molecular flexibility index (Phi) is 3.71. The molecule has 0 saturated heterocycles. The Balaban J connectivity index is 1.97. The van der Waals surface area contributed by atoms with Gasteiger partial charge in [0, 0.05) is 30.2 Å². The molecular weight excluding hydrogens is 284 g/mol. The van der Waals surface area contributed by atoms with Crippen LogP contribution in [-0.2, 0) is 6.54 Å². The zero-order valence-electron chi connectivity index (χ0n) is 11.9. The number of benzene rings is 1. The quantitative estimate of drug-likeness (QED) is 0.740. The van der Waals surface area contributed by atoms with Crippen LogP contribution in [0.5, 0.6) is 0 Å². The van der Waals surface area contributed by atoms with Gasteiger partial charge in [-0.2, -0.15) is 0 Å². The summed E-state index contributed by atoms with van der Waals surface area (Å²) in [5.41, 5.74) is 2.04. The molecule has 0 unspecified atom stereocenters. The van der Waals surface area contributed by atoms with Gasteiger partial charge in [-0.1, -0.05) is 23.7 Å². The molecule has 3 rings (SSSR count). The van der Waals surface area contributed by atoms with Gasteiger partial charge < -0.3 is 4.90 Å². The lowest BCUT2D eigenvalue weighted by Gasteiger charge is -2.20. The zero-order valence-corrected chi connectivity index (χ0v) is 12.7. The van der Waals surface area contributed by atoms with E-state index in [4.69, 9.17) is 11.6 Å². The molecule has 0 aliphatic rings. The fraction of sp³-hybridized carbons (Fsp3) is 0.188. The van der Waals surface area contributed by atoms with Crippen molar-refractivity contribution in [3.05, 3.63) is 59.1 Å². The number of hydrogen-bond donors (Lipinski definition) is 0. The molecule has 0 aliphatic carbocycles. The second kappa shape index (κ2) is 5.66. The molecule has 0 amide bonds. The van der Waals surface area contributed by atoms with Gasteiger partial charge in [0.2, 0.25) is 0 Å². The van der Waals surface area contributed by atoms with Gasteiger partial charge in [0.25, 0.3) is 0 Å². The van der Waals surface area contributed by atoms with Gasteiger partial charge in [-0.25, -0.2) is 9.97 Å². The molecule has 0 fully saturated rings. The van der Waals surface area contributed by atoms with Crippen LogP contribution in [0.1, 0.15) is 11.4 Å². The Morgan fingerprint density at radius 3 is 2.62 bits per heavy atom. The molecule has 3 aromatic rings. The highest BCUT2D eigenvalue weighted by Gasteiger charge is 2.10. The molecule has 0 aliphatic heterocycles. The van der Waals surface area contributed by atoms with Crippen molar-refractivity contribution in [3.63, 3.8) is 0 Å². The van der Waals surface area contributed by atoms with E-state index in [1.807, 2.05) is 44.3 Å². The van der Waals surface area contributed by atoms with Gasteiger partial charge in [0.15, 0.2) is 0 Å². The predicted molar refractivity (Wildman–Crippen MR) is 85.6 cm³/mol. The third-order valence-corrected chi connectivity index (χ3v) is 3.54. The van der Waals surface area contributed by atoms with Crippen molar-refractivity contribution >= 4 is 28.3 Å². The Morgan fingerprint density at radius 1 is 1.10 bits per heavy atom. The van der Waals surface area contributed by atoms with Gasteiger partial charge >= 0.3 is 0 Å². The number of anilines is 1. The average molecular weight is 299 g/mol. The molecule has 1 aromatic carbocycles. The van der Waals surface area contributed by atoms with Crippen molar-refractivity contribution in [2.24, 2.45) is 0 Å². The van der Waals surface area contributed by atoms with Gasteiger partial charge in [-0.15, -0.1) is 0 Å². The third-order valence-electron chi connectivity index (χ3n) is 3.29. The maximum atomic E-state index is 5.92. The van der Waals surface area contributed by atoms with E-state index >= 15 is 0 Å². The van der Waals surface area contributed by atoms with Crippen LogP contribution in [0.15, 0.2) is 42.7 Å². The van der Waals surface area contributed by atoms with E-state index < -0.39 is 0 Å². The van der Waals surface area contributed by atoms with E-state index in [0.717, 1.165) is 34.1 Å². The van der Waals surface area contributed by atoms with Crippen LogP contribution in [-0.4, -0.2) is 22.0 Å². The summed E-state index contributed by atoms with van der Waals surface area (Å²) in [4.78, 5) is 15.2. The summed E-state index contributed by atoms with van der Waals surface area (Å²) in [7, 11) is 2.02. The lowest BCUT2D eigenvalue weighted by atomic mass is 10.2. The van der Waals surface area contributed by atoms with Crippen LogP contribution in [0.3, 0.4) is 0 Å². The normalized spacial score (nSPS) is 10.8. The Morgan fingerprint density at radius 2 is 1.86 bits per heavy atom. The summed E-state index contributed by atoms with van der Waals surface area (Å²) < 4.78 is 0. The first-order valence-corrected chi connectivity index (χ1v) is 7.05. The van der Waals surface area contributed by atoms with Crippen molar-refractivity contribution in [1.29, 1.82) is 0 Å². The molecular formula is C16H15ClN4. The largest absolute Gasteiger partial charge is 0.355 e. The fourth-order valence-electron chi connectivity index (χ4n) is 2.31. The topological polar surface area (TPSA) is 41.9 Å². The first-order valence-electron chi connectivity index (χ1n) is 6.67. The van der Waals surface area contributed by atoms with Crippen molar-refractivity contribution < 1.29 is 0 Å². The van der Waals surface area contributed by atoms with Crippen LogP contribution in [0.25, 0.3) is 10.9 Å². The monoisotopic (exact) mass is 298 g/mol. The highest BCUT2D eigenvalue weighted by Crippen LogP contribution is 2.23. The van der Waals surface area contributed by atoms with Crippen LogP contribution in [0.4, 0.5) is 5.82 Å².